The summed E-state index contributed by atoms with van der Waals surface area (Å²) in [4.78, 5) is 0. The Morgan fingerprint density at radius 2 is 2.46 bits per heavy atom. The summed E-state index contributed by atoms with van der Waals surface area (Å²) in [7, 11) is 2.00. The number of aromatic nitrogens is 2. The number of nitrogens with two attached hydrogens (primary N) is 1. The average molecular weight is 180 g/mol. The van der Waals surface area contributed by atoms with E-state index in [-0.39, 0.29) is 0 Å². The Bertz CT molecular complexity index is 303. The van der Waals surface area contributed by atoms with Crippen LogP contribution in [0.5, 0.6) is 0 Å². The Kier molecular flexibility index (Phi) is 2.33. The van der Waals surface area contributed by atoms with Crippen LogP contribution in [0.4, 0.5) is 0 Å². The molecule has 0 bridgehead atoms. The molecule has 13 heavy (non-hydrogen) atoms. The molecule has 1 aliphatic heterocycles. The van der Waals surface area contributed by atoms with E-state index in [0.29, 0.717) is 6.54 Å². The number of nitrogens with zero attached hydrogens (tertiary/aromatic N) is 2. The van der Waals surface area contributed by atoms with Crippen LogP contribution >= 0.6 is 0 Å². The lowest BCUT2D eigenvalue weighted by Gasteiger charge is -2.12. The van der Waals surface area contributed by atoms with Crippen LogP contribution in [-0.4, -0.2) is 22.9 Å². The Hall–Kier alpha value is -0.870. The highest BCUT2D eigenvalue weighted by atomic mass is 15.3. The standard InChI is InChI=1S/C9H16N4/c1-13-9(2-4-10)7-6-11-5-3-8(7)12-13/h11H,2-6,10H2,1H3. The second-order valence-electron chi connectivity index (χ2n) is 3.46. The first-order valence-corrected chi connectivity index (χ1v) is 4.77. The summed E-state index contributed by atoms with van der Waals surface area (Å²) in [6, 6.07) is 0. The third-order valence-electron chi connectivity index (χ3n) is 2.58. The quantitative estimate of drug-likeness (QED) is 0.649. The Labute approximate surface area is 78.1 Å². The van der Waals surface area contributed by atoms with Gasteiger partial charge in [-0.05, 0) is 6.54 Å². The van der Waals surface area contributed by atoms with E-state index in [4.69, 9.17) is 5.73 Å². The maximum atomic E-state index is 5.56. The van der Waals surface area contributed by atoms with Gasteiger partial charge in [-0.1, -0.05) is 0 Å². The van der Waals surface area contributed by atoms with E-state index < -0.39 is 0 Å². The van der Waals surface area contributed by atoms with Crippen LogP contribution in [0.15, 0.2) is 0 Å². The van der Waals surface area contributed by atoms with Crippen LogP contribution < -0.4 is 11.1 Å². The average Bonchev–Trinajstić information content (AvgIpc) is 2.44. The summed E-state index contributed by atoms with van der Waals surface area (Å²) in [5, 5.41) is 7.85. The molecule has 0 spiro atoms. The minimum absolute atomic E-state index is 0.700. The fraction of sp³-hybridized carbons (Fsp3) is 0.667. The molecule has 4 heteroatoms. The number of hydrogen-bond donors (Lipinski definition) is 2. The molecule has 4 nitrogen and oxygen atoms in total. The first-order chi connectivity index (χ1) is 6.33. The zero-order valence-electron chi connectivity index (χ0n) is 8.01. The first kappa shape index (κ1) is 8.72. The number of fused-ring (bicyclic) bond motifs is 1. The minimum atomic E-state index is 0.700. The molecule has 2 heterocycles. The maximum Gasteiger partial charge on any atom is 0.0685 e. The molecular formula is C9H16N4. The third-order valence-corrected chi connectivity index (χ3v) is 2.58. The molecule has 3 N–H and O–H groups in total. The van der Waals surface area contributed by atoms with E-state index in [1.54, 1.807) is 0 Å². The molecule has 1 aliphatic rings. The maximum absolute atomic E-state index is 5.56. The SMILES string of the molecule is Cn1nc2c(c1CCN)CNCC2. The van der Waals surface area contributed by atoms with Crippen molar-refractivity contribution >= 4 is 0 Å². The van der Waals surface area contributed by atoms with Crippen LogP contribution in [0, 0.1) is 0 Å². The highest BCUT2D eigenvalue weighted by Gasteiger charge is 2.17. The fourth-order valence-electron chi connectivity index (χ4n) is 1.94. The van der Waals surface area contributed by atoms with Crippen molar-refractivity contribution in [2.75, 3.05) is 13.1 Å². The van der Waals surface area contributed by atoms with Gasteiger partial charge >= 0.3 is 0 Å². The smallest absolute Gasteiger partial charge is 0.0685 e. The van der Waals surface area contributed by atoms with Crippen molar-refractivity contribution in [3.05, 3.63) is 17.0 Å². The molecule has 0 saturated heterocycles. The lowest BCUT2D eigenvalue weighted by molar-refractivity contribution is 0.632. The van der Waals surface area contributed by atoms with Crippen LogP contribution in [0.1, 0.15) is 17.0 Å². The van der Waals surface area contributed by atoms with Crippen LogP contribution in [0.3, 0.4) is 0 Å². The summed E-state index contributed by atoms with van der Waals surface area (Å²) >= 11 is 0. The van der Waals surface area contributed by atoms with Gasteiger partial charge in [-0.15, -0.1) is 0 Å². The van der Waals surface area contributed by atoms with Gasteiger partial charge in [0.15, 0.2) is 0 Å². The van der Waals surface area contributed by atoms with E-state index in [1.807, 2.05) is 11.7 Å². The largest absolute Gasteiger partial charge is 0.330 e. The molecule has 72 valence electrons. The number of rotatable bonds is 2. The number of hydrogen-bond acceptors (Lipinski definition) is 3. The topological polar surface area (TPSA) is 55.9 Å². The molecule has 0 fully saturated rings. The van der Waals surface area contributed by atoms with E-state index >= 15 is 0 Å². The summed E-state index contributed by atoms with van der Waals surface area (Å²) in [5.41, 5.74) is 9.48. The molecule has 0 unspecified atom stereocenters. The molecule has 0 radical (unpaired) electrons. The summed E-state index contributed by atoms with van der Waals surface area (Å²) in [5.74, 6) is 0. The molecule has 0 aromatic carbocycles. The molecule has 1 aromatic rings. The van der Waals surface area contributed by atoms with Gasteiger partial charge in [0, 0.05) is 44.2 Å². The zero-order chi connectivity index (χ0) is 9.26. The van der Waals surface area contributed by atoms with Gasteiger partial charge in [-0.25, -0.2) is 0 Å². The number of aryl methyl sites for hydroxylation is 1. The van der Waals surface area contributed by atoms with Gasteiger partial charge < -0.3 is 11.1 Å². The van der Waals surface area contributed by atoms with Crippen molar-refractivity contribution in [1.29, 1.82) is 0 Å². The molecule has 1 aromatic heterocycles. The predicted octanol–water partition coefficient (Wildman–Crippen LogP) is -0.433. The van der Waals surface area contributed by atoms with Crippen LogP contribution in [-0.2, 0) is 26.4 Å². The van der Waals surface area contributed by atoms with Gasteiger partial charge in [0.25, 0.3) is 0 Å². The predicted molar refractivity (Wildman–Crippen MR) is 51.4 cm³/mol. The molecule has 0 amide bonds. The van der Waals surface area contributed by atoms with Crippen molar-refractivity contribution in [2.45, 2.75) is 19.4 Å². The zero-order valence-corrected chi connectivity index (χ0v) is 8.01. The molecular weight excluding hydrogens is 164 g/mol. The Morgan fingerprint density at radius 3 is 3.23 bits per heavy atom. The van der Waals surface area contributed by atoms with Gasteiger partial charge in [-0.3, -0.25) is 4.68 Å². The fourth-order valence-corrected chi connectivity index (χ4v) is 1.94. The van der Waals surface area contributed by atoms with Gasteiger partial charge in [0.1, 0.15) is 0 Å². The van der Waals surface area contributed by atoms with Crippen molar-refractivity contribution < 1.29 is 0 Å². The normalized spacial score (nSPS) is 15.8. The summed E-state index contributed by atoms with van der Waals surface area (Å²) in [6.45, 7) is 2.70. The van der Waals surface area contributed by atoms with Crippen molar-refractivity contribution in [2.24, 2.45) is 12.8 Å². The lowest BCUT2D eigenvalue weighted by Crippen LogP contribution is -2.24. The second-order valence-corrected chi connectivity index (χ2v) is 3.46. The van der Waals surface area contributed by atoms with Gasteiger partial charge in [-0.2, -0.15) is 5.10 Å². The highest BCUT2D eigenvalue weighted by Crippen LogP contribution is 2.17. The summed E-state index contributed by atoms with van der Waals surface area (Å²) in [6.07, 6.45) is 1.98. The van der Waals surface area contributed by atoms with Crippen LogP contribution in [0.2, 0.25) is 0 Å². The van der Waals surface area contributed by atoms with Gasteiger partial charge in [0.2, 0.25) is 0 Å². The monoisotopic (exact) mass is 180 g/mol. The second kappa shape index (κ2) is 3.47. The number of nitrogens with one attached hydrogen (secondary N) is 1. The van der Waals surface area contributed by atoms with Crippen molar-refractivity contribution in [1.82, 2.24) is 15.1 Å². The van der Waals surface area contributed by atoms with Crippen LogP contribution in [0.25, 0.3) is 0 Å². The lowest BCUT2D eigenvalue weighted by atomic mass is 10.1. The van der Waals surface area contributed by atoms with E-state index in [9.17, 15) is 0 Å². The third kappa shape index (κ3) is 1.47. The van der Waals surface area contributed by atoms with E-state index in [0.717, 1.165) is 25.9 Å². The molecule has 0 saturated carbocycles. The minimum Gasteiger partial charge on any atom is -0.330 e. The Morgan fingerprint density at radius 1 is 1.62 bits per heavy atom. The van der Waals surface area contributed by atoms with E-state index in [2.05, 4.69) is 10.4 Å². The first-order valence-electron chi connectivity index (χ1n) is 4.77. The molecule has 0 aliphatic carbocycles. The molecule has 2 rings (SSSR count). The highest BCUT2D eigenvalue weighted by molar-refractivity contribution is 5.28. The Balaban J connectivity index is 2.36. The molecule has 0 atom stereocenters. The van der Waals surface area contributed by atoms with Crippen molar-refractivity contribution in [3.63, 3.8) is 0 Å². The summed E-state index contributed by atoms with van der Waals surface area (Å²) < 4.78 is 1.98. The van der Waals surface area contributed by atoms with E-state index in [1.165, 1.54) is 17.0 Å². The van der Waals surface area contributed by atoms with Crippen molar-refractivity contribution in [3.8, 4) is 0 Å². The van der Waals surface area contributed by atoms with Gasteiger partial charge in [0.05, 0.1) is 5.69 Å².